The molecule has 4 nitrogen and oxygen atoms in total. The van der Waals surface area contributed by atoms with E-state index in [2.05, 4.69) is 6.58 Å². The third-order valence-electron chi connectivity index (χ3n) is 5.82. The summed E-state index contributed by atoms with van der Waals surface area (Å²) in [5.41, 5.74) is 0.0105. The van der Waals surface area contributed by atoms with E-state index in [-0.39, 0.29) is 36.1 Å². The minimum absolute atomic E-state index is 0.0720. The molecule has 0 bridgehead atoms. The van der Waals surface area contributed by atoms with Gasteiger partial charge in [0.2, 0.25) is 0 Å². The Balaban J connectivity index is 2.35. The molecule has 0 amide bonds. The Bertz CT molecular complexity index is 419. The molecule has 4 heteroatoms. The van der Waals surface area contributed by atoms with Gasteiger partial charge in [0, 0.05) is 5.92 Å². The van der Waals surface area contributed by atoms with E-state index in [9.17, 15) is 15.0 Å². The average molecular weight is 296 g/mol. The van der Waals surface area contributed by atoms with Crippen molar-refractivity contribution >= 4 is 5.97 Å². The fourth-order valence-corrected chi connectivity index (χ4v) is 4.63. The third kappa shape index (κ3) is 2.76. The number of carbonyl (C=O) groups excluding carboxylic acids is 1. The van der Waals surface area contributed by atoms with Crippen molar-refractivity contribution in [2.24, 2.45) is 23.7 Å². The molecule has 0 aliphatic heterocycles. The number of allylic oxidation sites excluding steroid dienone is 1. The first kappa shape index (κ1) is 16.5. The predicted octanol–water partition coefficient (Wildman–Crippen LogP) is 2.29. The van der Waals surface area contributed by atoms with E-state index >= 15 is 0 Å². The van der Waals surface area contributed by atoms with Gasteiger partial charge in [-0.1, -0.05) is 19.1 Å². The highest BCUT2D eigenvalue weighted by Gasteiger charge is 2.58. The number of hydrogen-bond acceptors (Lipinski definition) is 4. The summed E-state index contributed by atoms with van der Waals surface area (Å²) in [7, 11) is 1.38. The van der Waals surface area contributed by atoms with Gasteiger partial charge in [0.25, 0.3) is 0 Å². The van der Waals surface area contributed by atoms with Crippen LogP contribution in [0.3, 0.4) is 0 Å². The van der Waals surface area contributed by atoms with Gasteiger partial charge in [0.15, 0.2) is 0 Å². The number of aliphatic hydroxyl groups excluding tert-OH is 1. The summed E-state index contributed by atoms with van der Waals surface area (Å²) in [4.78, 5) is 11.7. The molecular formula is C17H28O4. The Morgan fingerprint density at radius 2 is 2.00 bits per heavy atom. The van der Waals surface area contributed by atoms with Crippen molar-refractivity contribution in [3.8, 4) is 0 Å². The highest BCUT2D eigenvalue weighted by Crippen LogP contribution is 2.54. The molecule has 2 aliphatic carbocycles. The molecule has 0 radical (unpaired) electrons. The molecule has 2 fully saturated rings. The van der Waals surface area contributed by atoms with Crippen LogP contribution in [0.4, 0.5) is 0 Å². The fraction of sp³-hybridized carbons (Fsp3) is 0.824. The van der Waals surface area contributed by atoms with Gasteiger partial charge in [0.05, 0.1) is 25.2 Å². The number of carbonyl (C=O) groups is 1. The highest BCUT2D eigenvalue weighted by atomic mass is 16.5. The van der Waals surface area contributed by atoms with E-state index in [1.165, 1.54) is 7.11 Å². The van der Waals surface area contributed by atoms with Gasteiger partial charge in [-0.15, -0.1) is 0 Å². The zero-order chi connectivity index (χ0) is 15.8. The van der Waals surface area contributed by atoms with E-state index in [1.54, 1.807) is 0 Å². The molecule has 6 atom stereocenters. The van der Waals surface area contributed by atoms with E-state index < -0.39 is 11.7 Å². The van der Waals surface area contributed by atoms with Gasteiger partial charge >= 0.3 is 5.97 Å². The summed E-state index contributed by atoms with van der Waals surface area (Å²) in [6.07, 6.45) is 2.85. The molecule has 0 saturated heterocycles. The summed E-state index contributed by atoms with van der Waals surface area (Å²) in [5.74, 6) is -0.449. The first-order chi connectivity index (χ1) is 9.82. The quantitative estimate of drug-likeness (QED) is 0.619. The van der Waals surface area contributed by atoms with Crippen LogP contribution < -0.4 is 0 Å². The maximum atomic E-state index is 11.7. The molecule has 0 aromatic heterocycles. The summed E-state index contributed by atoms with van der Waals surface area (Å²) < 4.78 is 4.78. The number of ether oxygens (including phenoxy) is 1. The highest BCUT2D eigenvalue weighted by molar-refractivity contribution is 5.69. The lowest BCUT2D eigenvalue weighted by Gasteiger charge is -2.57. The van der Waals surface area contributed by atoms with Crippen LogP contribution in [0, 0.1) is 23.7 Å². The maximum Gasteiger partial charge on any atom is 0.305 e. The molecule has 0 aromatic carbocycles. The summed E-state index contributed by atoms with van der Waals surface area (Å²) in [5, 5.41) is 21.9. The van der Waals surface area contributed by atoms with Crippen LogP contribution in [0.25, 0.3) is 0 Å². The minimum Gasteiger partial charge on any atom is -0.469 e. The Hall–Kier alpha value is -0.870. The molecule has 2 saturated carbocycles. The number of hydrogen-bond donors (Lipinski definition) is 2. The zero-order valence-corrected chi connectivity index (χ0v) is 13.3. The number of fused-ring (bicyclic) bond motifs is 1. The van der Waals surface area contributed by atoms with E-state index in [0.717, 1.165) is 18.4 Å². The van der Waals surface area contributed by atoms with E-state index in [4.69, 9.17) is 4.74 Å². The van der Waals surface area contributed by atoms with Gasteiger partial charge in [-0.25, -0.2) is 0 Å². The predicted molar refractivity (Wildman–Crippen MR) is 80.5 cm³/mol. The molecule has 0 heterocycles. The molecular weight excluding hydrogens is 268 g/mol. The van der Waals surface area contributed by atoms with Crippen molar-refractivity contribution in [2.75, 3.05) is 7.11 Å². The second-order valence-corrected chi connectivity index (χ2v) is 6.97. The van der Waals surface area contributed by atoms with Gasteiger partial charge in [-0.05, 0) is 50.4 Å². The minimum atomic E-state index is -1.01. The molecule has 2 N–H and O–H groups in total. The molecule has 2 rings (SSSR count). The zero-order valence-electron chi connectivity index (χ0n) is 13.3. The van der Waals surface area contributed by atoms with Crippen LogP contribution in [0.2, 0.25) is 0 Å². The number of aliphatic hydroxyl groups is 2. The number of esters is 1. The summed E-state index contributed by atoms with van der Waals surface area (Å²) in [6.45, 7) is 8.05. The van der Waals surface area contributed by atoms with E-state index in [0.29, 0.717) is 12.8 Å². The molecule has 0 unspecified atom stereocenters. The van der Waals surface area contributed by atoms with Gasteiger partial charge in [-0.2, -0.15) is 0 Å². The molecule has 120 valence electrons. The largest absolute Gasteiger partial charge is 0.469 e. The molecule has 0 spiro atoms. The van der Waals surface area contributed by atoms with Crippen LogP contribution in [-0.4, -0.2) is 35.0 Å². The normalized spacial score (nSPS) is 43.0. The number of methoxy groups -OCH3 is 1. The van der Waals surface area contributed by atoms with Gasteiger partial charge in [0.1, 0.15) is 0 Å². The Labute approximate surface area is 127 Å². The van der Waals surface area contributed by atoms with Crippen molar-refractivity contribution in [1.82, 2.24) is 0 Å². The Morgan fingerprint density at radius 3 is 2.57 bits per heavy atom. The molecule has 0 aromatic rings. The van der Waals surface area contributed by atoms with Crippen molar-refractivity contribution in [2.45, 2.75) is 57.7 Å². The first-order valence-corrected chi connectivity index (χ1v) is 7.95. The topological polar surface area (TPSA) is 66.8 Å². The molecule has 21 heavy (non-hydrogen) atoms. The lowest BCUT2D eigenvalue weighted by molar-refractivity contribution is -0.205. The first-order valence-electron chi connectivity index (χ1n) is 7.95. The Morgan fingerprint density at radius 1 is 1.33 bits per heavy atom. The van der Waals surface area contributed by atoms with Gasteiger partial charge < -0.3 is 14.9 Å². The van der Waals surface area contributed by atoms with Gasteiger partial charge in [-0.3, -0.25) is 4.79 Å². The van der Waals surface area contributed by atoms with Crippen molar-refractivity contribution in [1.29, 1.82) is 0 Å². The van der Waals surface area contributed by atoms with Crippen LogP contribution in [0.1, 0.15) is 46.0 Å². The van der Waals surface area contributed by atoms with E-state index in [1.807, 2.05) is 13.8 Å². The summed E-state index contributed by atoms with van der Waals surface area (Å²) >= 11 is 0. The smallest absolute Gasteiger partial charge is 0.305 e. The SMILES string of the molecule is C=C(C)[C@@H]1CC[C@@H](C)[C@]2(O)[C@H](CC(=O)OC)CC[C@@H](O)[C@@H]12. The van der Waals surface area contributed by atoms with Crippen LogP contribution >= 0.6 is 0 Å². The lowest BCUT2D eigenvalue weighted by Crippen LogP contribution is -2.62. The van der Waals surface area contributed by atoms with Crippen molar-refractivity contribution < 1.29 is 19.7 Å². The summed E-state index contributed by atoms with van der Waals surface area (Å²) in [6, 6.07) is 0. The third-order valence-corrected chi connectivity index (χ3v) is 5.82. The van der Waals surface area contributed by atoms with Crippen LogP contribution in [0.5, 0.6) is 0 Å². The second kappa shape index (κ2) is 6.09. The average Bonchev–Trinajstić information content (AvgIpc) is 2.43. The van der Waals surface area contributed by atoms with Crippen molar-refractivity contribution in [3.63, 3.8) is 0 Å². The van der Waals surface area contributed by atoms with Crippen molar-refractivity contribution in [3.05, 3.63) is 12.2 Å². The Kier molecular flexibility index (Phi) is 4.79. The maximum absolute atomic E-state index is 11.7. The fourth-order valence-electron chi connectivity index (χ4n) is 4.63. The van der Waals surface area contributed by atoms with Crippen LogP contribution in [-0.2, 0) is 9.53 Å². The second-order valence-electron chi connectivity index (χ2n) is 6.97. The number of rotatable bonds is 3. The van der Waals surface area contributed by atoms with Crippen LogP contribution in [0.15, 0.2) is 12.2 Å². The molecule has 2 aliphatic rings. The monoisotopic (exact) mass is 296 g/mol. The standard InChI is InChI=1S/C17H28O4/c1-10(2)13-7-5-11(3)17(20)12(9-15(19)21-4)6-8-14(18)16(13)17/h11-14,16,18,20H,1,5-9H2,2-4H3/t11-,12+,13+,14-,16-,17+/m1/s1. The lowest BCUT2D eigenvalue weighted by atomic mass is 9.52.